The number of anilines is 1. The minimum atomic E-state index is -3.56. The van der Waals surface area contributed by atoms with Crippen LogP contribution in [0.2, 0.25) is 10.0 Å². The first kappa shape index (κ1) is 29.2. The number of halogens is 2. The lowest BCUT2D eigenvalue weighted by Gasteiger charge is -2.36. The number of rotatable bonds is 5. The summed E-state index contributed by atoms with van der Waals surface area (Å²) in [6, 6.07) is 15.8. The second-order valence-corrected chi connectivity index (χ2v) is 13.1. The molecule has 2 fully saturated rings. The van der Waals surface area contributed by atoms with Crippen LogP contribution in [0.1, 0.15) is 41.8 Å². The highest BCUT2D eigenvalue weighted by molar-refractivity contribution is 7.88. The number of pyridine rings is 1. The summed E-state index contributed by atoms with van der Waals surface area (Å²) in [4.78, 5) is 22.4. The van der Waals surface area contributed by atoms with Gasteiger partial charge in [0.25, 0.3) is 0 Å². The third-order valence-corrected chi connectivity index (χ3v) is 9.46. The van der Waals surface area contributed by atoms with Crippen LogP contribution in [0.5, 0.6) is 0 Å². The molecule has 0 bridgehead atoms. The Kier molecular flexibility index (Phi) is 8.75. The van der Waals surface area contributed by atoms with Crippen LogP contribution in [0.25, 0.3) is 0 Å². The fourth-order valence-electron chi connectivity index (χ4n) is 5.68. The number of hydrogen-bond donors (Lipinski definition) is 0. The molecule has 0 aliphatic carbocycles. The van der Waals surface area contributed by atoms with E-state index in [2.05, 4.69) is 15.2 Å². The molecule has 13 heteroatoms. The highest BCUT2D eigenvalue weighted by Gasteiger charge is 2.42. The van der Waals surface area contributed by atoms with Gasteiger partial charge in [0, 0.05) is 61.6 Å². The summed E-state index contributed by atoms with van der Waals surface area (Å²) >= 11 is 12.2. The van der Waals surface area contributed by atoms with Crippen molar-refractivity contribution in [2.45, 2.75) is 24.8 Å². The molecule has 2 aliphatic heterocycles. The number of sulfonamides is 1. The third-order valence-electron chi connectivity index (χ3n) is 7.69. The maximum Gasteiger partial charge on any atom is 0.228 e. The molecular weight excluding hydrogens is 585 g/mol. The Hall–Kier alpha value is -3.30. The van der Waals surface area contributed by atoms with Crippen molar-refractivity contribution in [2.75, 3.05) is 43.9 Å². The summed E-state index contributed by atoms with van der Waals surface area (Å²) in [6.07, 6.45) is 3.98. The normalized spacial score (nSPS) is 22.1. The molecule has 2 aromatic heterocycles. The number of carbonyl (C=O) groups excluding carboxylic acids is 1. The van der Waals surface area contributed by atoms with E-state index in [1.165, 1.54) is 10.6 Å². The summed E-state index contributed by atoms with van der Waals surface area (Å²) in [5, 5.41) is 18.3. The lowest BCUT2D eigenvalue weighted by molar-refractivity contribution is -0.136. The maximum atomic E-state index is 14.1. The molecular formula is C28H29Cl2N7O3S. The quantitative estimate of drug-likeness (QED) is 0.424. The smallest absolute Gasteiger partial charge is 0.228 e. The Bertz CT molecular complexity index is 1530. The van der Waals surface area contributed by atoms with Crippen molar-refractivity contribution in [2.24, 2.45) is 5.92 Å². The van der Waals surface area contributed by atoms with Crippen LogP contribution < -0.4 is 4.90 Å². The number of aromatic nitrogens is 3. The van der Waals surface area contributed by atoms with Crippen molar-refractivity contribution in [3.63, 3.8) is 0 Å². The first-order valence-corrected chi connectivity index (χ1v) is 15.9. The number of benzene rings is 1. The van der Waals surface area contributed by atoms with Crippen LogP contribution in [-0.4, -0.2) is 77.7 Å². The number of amides is 1. The van der Waals surface area contributed by atoms with Gasteiger partial charge in [-0.2, -0.15) is 9.57 Å². The number of nitrogens with zero attached hydrogens (tertiary/aromatic N) is 7. The lowest BCUT2D eigenvalue weighted by Crippen LogP contribution is -2.47. The van der Waals surface area contributed by atoms with Crippen molar-refractivity contribution in [1.82, 2.24) is 24.4 Å². The van der Waals surface area contributed by atoms with Crippen molar-refractivity contribution >= 4 is 45.0 Å². The molecule has 0 N–H and O–H groups in total. The van der Waals surface area contributed by atoms with E-state index in [-0.39, 0.29) is 36.7 Å². The molecule has 10 nitrogen and oxygen atoms in total. The maximum absolute atomic E-state index is 14.1. The Morgan fingerprint density at radius 2 is 1.73 bits per heavy atom. The Morgan fingerprint density at radius 1 is 0.976 bits per heavy atom. The Morgan fingerprint density at radius 3 is 2.37 bits per heavy atom. The molecule has 1 amide bonds. The van der Waals surface area contributed by atoms with E-state index in [0.29, 0.717) is 48.3 Å². The predicted octanol–water partition coefficient (Wildman–Crippen LogP) is 3.90. The third kappa shape index (κ3) is 6.62. The van der Waals surface area contributed by atoms with Gasteiger partial charge in [-0.05, 0) is 54.8 Å². The van der Waals surface area contributed by atoms with Gasteiger partial charge in [0.1, 0.15) is 6.07 Å². The molecule has 0 spiro atoms. The van der Waals surface area contributed by atoms with Gasteiger partial charge >= 0.3 is 0 Å². The zero-order chi connectivity index (χ0) is 29.1. The van der Waals surface area contributed by atoms with E-state index in [9.17, 15) is 13.2 Å². The van der Waals surface area contributed by atoms with Gasteiger partial charge in [0.15, 0.2) is 11.5 Å². The topological polar surface area (TPSA) is 123 Å². The molecule has 0 radical (unpaired) electrons. The van der Waals surface area contributed by atoms with Gasteiger partial charge in [0.2, 0.25) is 15.9 Å². The van der Waals surface area contributed by atoms with Crippen LogP contribution >= 0.6 is 23.2 Å². The molecule has 214 valence electrons. The molecule has 2 aliphatic rings. The second kappa shape index (κ2) is 12.3. The van der Waals surface area contributed by atoms with Crippen LogP contribution in [0, 0.1) is 17.2 Å². The van der Waals surface area contributed by atoms with Crippen molar-refractivity contribution in [3.05, 3.63) is 81.7 Å². The zero-order valence-corrected chi connectivity index (χ0v) is 24.7. The summed E-state index contributed by atoms with van der Waals surface area (Å²) in [6.45, 7) is 1.82. The van der Waals surface area contributed by atoms with E-state index in [1.54, 1.807) is 41.4 Å². The Labute approximate surface area is 249 Å². The van der Waals surface area contributed by atoms with Crippen LogP contribution in [0.3, 0.4) is 0 Å². The van der Waals surface area contributed by atoms with Crippen molar-refractivity contribution < 1.29 is 13.2 Å². The molecule has 3 aromatic rings. The monoisotopic (exact) mass is 613 g/mol. The number of carbonyl (C=O) groups is 1. The molecule has 3 unspecified atom stereocenters. The fraction of sp³-hybridized carbons (Fsp3) is 0.393. The number of hydrogen-bond acceptors (Lipinski definition) is 8. The lowest BCUT2D eigenvalue weighted by atomic mass is 9.90. The van der Waals surface area contributed by atoms with Crippen LogP contribution in [-0.2, 0) is 14.8 Å². The van der Waals surface area contributed by atoms with Gasteiger partial charge in [0.05, 0.1) is 17.2 Å². The molecule has 4 heterocycles. The Balaban J connectivity index is 1.39. The summed E-state index contributed by atoms with van der Waals surface area (Å²) < 4.78 is 27.3. The standard InChI is InChI=1S/C28H29Cl2N7O3S/c1-41(39,40)37-14-13-35(12-2-3-26(37)19-4-6-20(29)7-5-19)28(38)24-18-36(27-11-9-22(15-31)33-34-27)17-23(24)25-10-8-21(30)16-32-25/h4-11,16,23-24,26H,2-3,12-14,17-18H2,1H3. The molecule has 5 rings (SSSR count). The highest BCUT2D eigenvalue weighted by atomic mass is 35.5. The van der Waals surface area contributed by atoms with Gasteiger partial charge in [-0.25, -0.2) is 8.42 Å². The van der Waals surface area contributed by atoms with E-state index in [1.807, 2.05) is 29.2 Å². The minimum Gasteiger partial charge on any atom is -0.354 e. The molecule has 3 atom stereocenters. The molecule has 1 aromatic carbocycles. The van der Waals surface area contributed by atoms with Gasteiger partial charge in [-0.3, -0.25) is 9.78 Å². The van der Waals surface area contributed by atoms with Crippen molar-refractivity contribution in [3.8, 4) is 6.07 Å². The zero-order valence-electron chi connectivity index (χ0n) is 22.4. The summed E-state index contributed by atoms with van der Waals surface area (Å²) in [5.74, 6) is -0.177. The summed E-state index contributed by atoms with van der Waals surface area (Å²) in [5.41, 5.74) is 1.83. The van der Waals surface area contributed by atoms with Crippen LogP contribution in [0.15, 0.2) is 54.7 Å². The van der Waals surface area contributed by atoms with E-state index < -0.39 is 15.9 Å². The predicted molar refractivity (Wildman–Crippen MR) is 156 cm³/mol. The average Bonchev–Trinajstić information content (AvgIpc) is 3.39. The second-order valence-electron chi connectivity index (χ2n) is 10.3. The first-order chi connectivity index (χ1) is 19.6. The van der Waals surface area contributed by atoms with Gasteiger partial charge < -0.3 is 9.80 Å². The van der Waals surface area contributed by atoms with E-state index in [0.717, 1.165) is 11.3 Å². The summed E-state index contributed by atoms with van der Waals surface area (Å²) in [7, 11) is -3.56. The van der Waals surface area contributed by atoms with E-state index >= 15 is 0 Å². The highest BCUT2D eigenvalue weighted by Crippen LogP contribution is 2.36. The molecule has 2 saturated heterocycles. The largest absolute Gasteiger partial charge is 0.354 e. The number of nitriles is 1. The van der Waals surface area contributed by atoms with Crippen LogP contribution in [0.4, 0.5) is 5.82 Å². The van der Waals surface area contributed by atoms with Gasteiger partial charge in [-0.15, -0.1) is 10.2 Å². The van der Waals surface area contributed by atoms with Gasteiger partial charge in [-0.1, -0.05) is 35.3 Å². The average molecular weight is 615 g/mol. The SMILES string of the molecule is CS(=O)(=O)N1CCN(C(=O)C2CN(c3ccc(C#N)nn3)CC2c2ccc(Cl)cn2)CCCC1c1ccc(Cl)cc1. The van der Waals surface area contributed by atoms with Crippen molar-refractivity contribution in [1.29, 1.82) is 5.26 Å². The first-order valence-electron chi connectivity index (χ1n) is 13.3. The van der Waals surface area contributed by atoms with E-state index in [4.69, 9.17) is 28.5 Å². The molecule has 41 heavy (non-hydrogen) atoms. The molecule has 0 saturated carbocycles. The minimum absolute atomic E-state index is 0.0609. The fourth-order valence-corrected chi connectivity index (χ4v) is 7.02.